The lowest BCUT2D eigenvalue weighted by Crippen LogP contribution is -2.30. The van der Waals surface area contributed by atoms with Gasteiger partial charge in [0.15, 0.2) is 6.10 Å². The number of hydrogen-bond donors (Lipinski definition) is 0. The smallest absolute Gasteiger partial charge is 0.306 e. The molecule has 0 bridgehead atoms. The molecule has 0 aromatic heterocycles. The Bertz CT molecular complexity index is 1230. The van der Waals surface area contributed by atoms with E-state index in [0.29, 0.717) is 19.3 Å². The standard InChI is InChI=1S/C62H110O6/c1-4-7-10-13-16-19-22-25-26-27-28-29-30-31-32-33-34-35-36-38-40-43-46-49-52-55-61(64)67-58-59(57-66-60(63)54-51-48-45-42-39-24-21-18-15-12-9-6-3)68-62(65)56-53-50-47-44-41-37-23-20-17-14-11-8-5-2/h8,11,17-18,20-21,37,41,47,50,59H,4-7,9-10,12-16,19,22-36,38-40,42-46,48-49,51-58H2,1-3H3/b11-8-,20-17-,21-18-,41-37-,50-47-. The molecular weight excluding hydrogens is 841 g/mol. The molecule has 0 heterocycles. The summed E-state index contributed by atoms with van der Waals surface area (Å²) in [6, 6.07) is 0. The summed E-state index contributed by atoms with van der Waals surface area (Å²) in [5.74, 6) is -0.985. The maximum absolute atomic E-state index is 12.8. The molecular formula is C62H110O6. The van der Waals surface area contributed by atoms with Crippen molar-refractivity contribution in [2.45, 2.75) is 303 Å². The van der Waals surface area contributed by atoms with Crippen LogP contribution in [0.15, 0.2) is 60.8 Å². The third-order valence-corrected chi connectivity index (χ3v) is 12.8. The second-order valence-corrected chi connectivity index (χ2v) is 19.5. The van der Waals surface area contributed by atoms with Crippen molar-refractivity contribution >= 4 is 17.9 Å². The summed E-state index contributed by atoms with van der Waals surface area (Å²) in [6.45, 7) is 6.46. The molecule has 0 aliphatic carbocycles. The summed E-state index contributed by atoms with van der Waals surface area (Å²) in [7, 11) is 0. The van der Waals surface area contributed by atoms with Crippen LogP contribution in [0.4, 0.5) is 0 Å². The zero-order chi connectivity index (χ0) is 49.3. The van der Waals surface area contributed by atoms with Crippen molar-refractivity contribution in [1.82, 2.24) is 0 Å². The van der Waals surface area contributed by atoms with Crippen LogP contribution in [0.5, 0.6) is 0 Å². The van der Waals surface area contributed by atoms with Crippen LogP contribution in [0.3, 0.4) is 0 Å². The van der Waals surface area contributed by atoms with Crippen LogP contribution in [0.2, 0.25) is 0 Å². The highest BCUT2D eigenvalue weighted by molar-refractivity contribution is 5.71. The number of rotatable bonds is 53. The minimum atomic E-state index is -0.813. The Kier molecular flexibility index (Phi) is 54.3. The molecule has 0 aliphatic rings. The topological polar surface area (TPSA) is 78.9 Å². The molecule has 0 aromatic rings. The van der Waals surface area contributed by atoms with Crippen LogP contribution in [0, 0.1) is 0 Å². The highest BCUT2D eigenvalue weighted by atomic mass is 16.6. The molecule has 0 saturated carbocycles. The van der Waals surface area contributed by atoms with Gasteiger partial charge in [-0.3, -0.25) is 14.4 Å². The molecule has 0 fully saturated rings. The molecule has 0 aromatic carbocycles. The van der Waals surface area contributed by atoms with E-state index in [-0.39, 0.29) is 37.5 Å². The van der Waals surface area contributed by atoms with Crippen LogP contribution in [-0.4, -0.2) is 37.2 Å². The molecule has 1 unspecified atom stereocenters. The number of hydrogen-bond acceptors (Lipinski definition) is 6. The van der Waals surface area contributed by atoms with E-state index in [4.69, 9.17) is 14.2 Å². The van der Waals surface area contributed by atoms with Crippen LogP contribution in [0.1, 0.15) is 297 Å². The molecule has 6 heteroatoms. The fourth-order valence-electron chi connectivity index (χ4n) is 8.39. The predicted molar refractivity (Wildman–Crippen MR) is 293 cm³/mol. The van der Waals surface area contributed by atoms with Crippen molar-refractivity contribution in [3.05, 3.63) is 60.8 Å². The van der Waals surface area contributed by atoms with E-state index in [9.17, 15) is 14.4 Å². The lowest BCUT2D eigenvalue weighted by Gasteiger charge is -2.18. The highest BCUT2D eigenvalue weighted by Gasteiger charge is 2.19. The van der Waals surface area contributed by atoms with Gasteiger partial charge in [0.2, 0.25) is 0 Å². The number of ether oxygens (including phenoxy) is 3. The molecule has 0 N–H and O–H groups in total. The Hall–Kier alpha value is -2.89. The van der Waals surface area contributed by atoms with Gasteiger partial charge in [-0.05, 0) is 70.6 Å². The molecule has 68 heavy (non-hydrogen) atoms. The number of allylic oxidation sites excluding steroid dienone is 10. The average molecular weight is 952 g/mol. The van der Waals surface area contributed by atoms with Crippen molar-refractivity contribution in [3.8, 4) is 0 Å². The normalized spacial score (nSPS) is 12.5. The van der Waals surface area contributed by atoms with Gasteiger partial charge in [0, 0.05) is 19.3 Å². The van der Waals surface area contributed by atoms with Crippen molar-refractivity contribution in [2.24, 2.45) is 0 Å². The summed E-state index contributed by atoms with van der Waals surface area (Å²) in [5, 5.41) is 0. The van der Waals surface area contributed by atoms with Crippen LogP contribution >= 0.6 is 0 Å². The van der Waals surface area contributed by atoms with E-state index in [1.54, 1.807) is 0 Å². The van der Waals surface area contributed by atoms with Crippen LogP contribution < -0.4 is 0 Å². The summed E-state index contributed by atoms with van der Waals surface area (Å²) >= 11 is 0. The largest absolute Gasteiger partial charge is 0.462 e. The Balaban J connectivity index is 4.24. The molecule has 0 spiro atoms. The van der Waals surface area contributed by atoms with Gasteiger partial charge in [0.25, 0.3) is 0 Å². The predicted octanol–water partition coefficient (Wildman–Crippen LogP) is 19.6. The molecule has 0 rings (SSSR count). The third-order valence-electron chi connectivity index (χ3n) is 12.8. The quantitative estimate of drug-likeness (QED) is 0.0262. The molecule has 1 atom stereocenters. The van der Waals surface area contributed by atoms with Gasteiger partial charge < -0.3 is 14.2 Å². The van der Waals surface area contributed by atoms with Gasteiger partial charge in [-0.15, -0.1) is 0 Å². The number of unbranched alkanes of at least 4 members (excludes halogenated alkanes) is 32. The van der Waals surface area contributed by atoms with Gasteiger partial charge in [0.1, 0.15) is 13.2 Å². The molecule has 0 amide bonds. The Morgan fingerprint density at radius 1 is 0.309 bits per heavy atom. The van der Waals surface area contributed by atoms with E-state index in [1.165, 1.54) is 180 Å². The number of esters is 3. The summed E-state index contributed by atoms with van der Waals surface area (Å²) in [6.07, 6.45) is 71.1. The number of carbonyl (C=O) groups is 3. The first-order valence-corrected chi connectivity index (χ1v) is 29.3. The fourth-order valence-corrected chi connectivity index (χ4v) is 8.39. The van der Waals surface area contributed by atoms with Crippen molar-refractivity contribution < 1.29 is 28.6 Å². The number of carbonyl (C=O) groups excluding carboxylic acids is 3. The minimum Gasteiger partial charge on any atom is -0.462 e. The molecule has 394 valence electrons. The summed E-state index contributed by atoms with van der Waals surface area (Å²) in [5.41, 5.74) is 0. The van der Waals surface area contributed by atoms with Crippen molar-refractivity contribution in [3.63, 3.8) is 0 Å². The lowest BCUT2D eigenvalue weighted by atomic mass is 10.0. The lowest BCUT2D eigenvalue weighted by molar-refractivity contribution is -0.166. The second kappa shape index (κ2) is 56.7. The first-order valence-electron chi connectivity index (χ1n) is 29.3. The third kappa shape index (κ3) is 54.1. The van der Waals surface area contributed by atoms with Gasteiger partial charge >= 0.3 is 17.9 Å². The van der Waals surface area contributed by atoms with Gasteiger partial charge in [-0.25, -0.2) is 0 Å². The molecule has 0 aliphatic heterocycles. The Morgan fingerprint density at radius 2 is 0.603 bits per heavy atom. The van der Waals surface area contributed by atoms with Crippen molar-refractivity contribution in [2.75, 3.05) is 13.2 Å². The van der Waals surface area contributed by atoms with E-state index in [0.717, 1.165) is 70.6 Å². The van der Waals surface area contributed by atoms with Gasteiger partial charge in [-0.2, -0.15) is 0 Å². The van der Waals surface area contributed by atoms with Crippen LogP contribution in [0.25, 0.3) is 0 Å². The van der Waals surface area contributed by atoms with E-state index < -0.39 is 6.10 Å². The minimum absolute atomic E-state index is 0.103. The molecule has 0 radical (unpaired) electrons. The maximum atomic E-state index is 12.8. The SMILES string of the molecule is CC/C=C\C/C=C\C/C=C\C/C=C\CCC(=O)OC(COC(=O)CCCCCCC/C=C\CCCCC)COC(=O)CCCCCCCCCCCCCCCCCCCCCCCCCCC. The zero-order valence-electron chi connectivity index (χ0n) is 45.1. The van der Waals surface area contributed by atoms with Gasteiger partial charge in [-0.1, -0.05) is 268 Å². The van der Waals surface area contributed by atoms with Gasteiger partial charge in [0.05, 0.1) is 0 Å². The summed E-state index contributed by atoms with van der Waals surface area (Å²) < 4.78 is 16.8. The zero-order valence-corrected chi connectivity index (χ0v) is 45.1. The average Bonchev–Trinajstić information content (AvgIpc) is 3.34. The molecule has 6 nitrogen and oxygen atoms in total. The first-order chi connectivity index (χ1) is 33.5. The van der Waals surface area contributed by atoms with E-state index >= 15 is 0 Å². The Morgan fingerprint density at radius 3 is 0.985 bits per heavy atom. The summed E-state index contributed by atoms with van der Waals surface area (Å²) in [4.78, 5) is 38.0. The highest BCUT2D eigenvalue weighted by Crippen LogP contribution is 2.17. The Labute approximate surface area is 421 Å². The monoisotopic (exact) mass is 951 g/mol. The van der Waals surface area contributed by atoms with Crippen molar-refractivity contribution in [1.29, 1.82) is 0 Å². The van der Waals surface area contributed by atoms with Crippen LogP contribution in [-0.2, 0) is 28.6 Å². The van der Waals surface area contributed by atoms with E-state index in [1.807, 2.05) is 6.08 Å². The maximum Gasteiger partial charge on any atom is 0.306 e. The molecule has 0 saturated heterocycles. The van der Waals surface area contributed by atoms with E-state index in [2.05, 4.69) is 75.5 Å². The first kappa shape index (κ1) is 65.1. The second-order valence-electron chi connectivity index (χ2n) is 19.5. The fraction of sp³-hybridized carbons (Fsp3) is 0.790.